The molecule has 1 N–H and O–H groups in total. The van der Waals surface area contributed by atoms with Crippen molar-refractivity contribution in [2.45, 2.75) is 43.9 Å². The first-order chi connectivity index (χ1) is 11.7. The number of likely N-dealkylation sites (N-methyl/N-ethyl adjacent to an activating group) is 1. The Kier molecular flexibility index (Phi) is 4.13. The molecule has 1 saturated heterocycles. The predicted octanol–water partition coefficient (Wildman–Crippen LogP) is 1.52. The van der Waals surface area contributed by atoms with Gasteiger partial charge in [0.1, 0.15) is 24.1 Å². The summed E-state index contributed by atoms with van der Waals surface area (Å²) in [5, 5.41) is 7.31. The molecule has 1 saturated carbocycles. The lowest BCUT2D eigenvalue weighted by Gasteiger charge is -2.28. The van der Waals surface area contributed by atoms with Crippen molar-refractivity contribution in [3.63, 3.8) is 0 Å². The van der Waals surface area contributed by atoms with Crippen LogP contribution in [0.25, 0.3) is 0 Å². The second-order valence-corrected chi connectivity index (χ2v) is 6.82. The number of alkyl halides is 1. The Balaban J connectivity index is 1.38. The summed E-state index contributed by atoms with van der Waals surface area (Å²) in [6.07, 6.45) is 5.31. The quantitative estimate of drug-likeness (QED) is 0.865. The van der Waals surface area contributed by atoms with Gasteiger partial charge in [-0.25, -0.2) is 19.3 Å². The topological polar surface area (TPSA) is 73.8 Å². The van der Waals surface area contributed by atoms with Crippen LogP contribution < -0.4 is 4.90 Å². The van der Waals surface area contributed by atoms with Gasteiger partial charge in [-0.15, -0.1) is 0 Å². The second kappa shape index (κ2) is 6.43. The van der Waals surface area contributed by atoms with Crippen LogP contribution in [-0.4, -0.2) is 62.4 Å². The van der Waals surface area contributed by atoms with E-state index in [1.54, 1.807) is 6.20 Å². The lowest BCUT2D eigenvalue weighted by molar-refractivity contribution is 0.284. The Bertz CT molecular complexity index is 672. The fourth-order valence-corrected chi connectivity index (χ4v) is 3.35. The van der Waals surface area contributed by atoms with Crippen LogP contribution in [0.1, 0.15) is 36.8 Å². The van der Waals surface area contributed by atoms with Crippen molar-refractivity contribution < 1.29 is 4.39 Å². The molecule has 8 heteroatoms. The number of nitrogens with one attached hydrogen (secondary N) is 1. The summed E-state index contributed by atoms with van der Waals surface area (Å²) in [6, 6.07) is 1.94. The van der Waals surface area contributed by atoms with E-state index in [0.29, 0.717) is 25.4 Å². The Morgan fingerprint density at radius 3 is 3.04 bits per heavy atom. The Hall–Kier alpha value is -2.09. The summed E-state index contributed by atoms with van der Waals surface area (Å²) < 4.78 is 14.0. The van der Waals surface area contributed by atoms with Crippen molar-refractivity contribution in [1.82, 2.24) is 30.0 Å². The third-order valence-corrected chi connectivity index (χ3v) is 4.66. The van der Waals surface area contributed by atoms with E-state index in [2.05, 4.69) is 30.0 Å². The van der Waals surface area contributed by atoms with Gasteiger partial charge in [0, 0.05) is 31.1 Å². The molecule has 7 nitrogen and oxygen atoms in total. The number of halogens is 1. The molecule has 4 rings (SSSR count). The molecule has 128 valence electrons. The summed E-state index contributed by atoms with van der Waals surface area (Å²) in [5.41, 5.74) is 0. The standard InChI is InChI=1S/C16H22FN7/c1-23(9-14-20-16(22-21-14)11-2-3-11)8-13-6-12(17)7-24(13)15-4-5-18-10-19-15/h4-5,10-13H,2-3,6-9H2,1H3,(H,20,21,22)/t12-,13-/m0/s1. The van der Waals surface area contributed by atoms with E-state index in [-0.39, 0.29) is 6.04 Å². The van der Waals surface area contributed by atoms with Gasteiger partial charge in [0.15, 0.2) is 5.82 Å². The van der Waals surface area contributed by atoms with E-state index in [9.17, 15) is 4.39 Å². The molecule has 2 atom stereocenters. The molecule has 0 amide bonds. The molecule has 3 heterocycles. The number of hydrogen-bond donors (Lipinski definition) is 1. The SMILES string of the molecule is CN(Cc1nc(C2CC2)n[nH]1)C[C@@H]1C[C@H](F)CN1c1ccncn1. The van der Waals surface area contributed by atoms with Gasteiger partial charge in [-0.05, 0) is 26.0 Å². The summed E-state index contributed by atoms with van der Waals surface area (Å²) in [4.78, 5) is 17.0. The molecule has 2 aromatic rings. The monoisotopic (exact) mass is 331 g/mol. The maximum absolute atomic E-state index is 14.0. The number of aromatic amines is 1. The van der Waals surface area contributed by atoms with Gasteiger partial charge in [-0.1, -0.05) is 0 Å². The van der Waals surface area contributed by atoms with Crippen molar-refractivity contribution in [1.29, 1.82) is 0 Å². The van der Waals surface area contributed by atoms with Crippen LogP contribution in [0.4, 0.5) is 10.2 Å². The number of aromatic nitrogens is 5. The van der Waals surface area contributed by atoms with Gasteiger partial charge in [-0.2, -0.15) is 5.10 Å². The van der Waals surface area contributed by atoms with Gasteiger partial charge in [0.2, 0.25) is 0 Å². The van der Waals surface area contributed by atoms with E-state index >= 15 is 0 Å². The summed E-state index contributed by atoms with van der Waals surface area (Å²) in [7, 11) is 2.03. The number of rotatable bonds is 6. The Labute approximate surface area is 140 Å². The van der Waals surface area contributed by atoms with Crippen LogP contribution in [0.5, 0.6) is 0 Å². The minimum atomic E-state index is -0.815. The van der Waals surface area contributed by atoms with Gasteiger partial charge in [0.25, 0.3) is 0 Å². The number of anilines is 1. The van der Waals surface area contributed by atoms with E-state index in [4.69, 9.17) is 0 Å². The minimum Gasteiger partial charge on any atom is -0.349 e. The highest BCUT2D eigenvalue weighted by Gasteiger charge is 2.34. The lowest BCUT2D eigenvalue weighted by atomic mass is 10.2. The van der Waals surface area contributed by atoms with E-state index in [1.165, 1.54) is 19.2 Å². The van der Waals surface area contributed by atoms with E-state index in [1.807, 2.05) is 18.0 Å². The first-order valence-corrected chi connectivity index (χ1v) is 8.45. The zero-order valence-electron chi connectivity index (χ0n) is 13.8. The molecule has 0 aromatic carbocycles. The summed E-state index contributed by atoms with van der Waals surface area (Å²) >= 11 is 0. The highest BCUT2D eigenvalue weighted by molar-refractivity contribution is 5.40. The van der Waals surface area contributed by atoms with Crippen LogP contribution >= 0.6 is 0 Å². The van der Waals surface area contributed by atoms with Gasteiger partial charge < -0.3 is 4.90 Å². The van der Waals surface area contributed by atoms with Gasteiger partial charge in [0.05, 0.1) is 13.1 Å². The molecule has 0 radical (unpaired) electrons. The average molecular weight is 331 g/mol. The van der Waals surface area contributed by atoms with Crippen LogP contribution in [0.15, 0.2) is 18.6 Å². The minimum absolute atomic E-state index is 0.103. The zero-order valence-corrected chi connectivity index (χ0v) is 13.8. The highest BCUT2D eigenvalue weighted by atomic mass is 19.1. The zero-order chi connectivity index (χ0) is 16.5. The molecule has 0 unspecified atom stereocenters. The molecular formula is C16H22FN7. The molecule has 1 aliphatic carbocycles. The molecular weight excluding hydrogens is 309 g/mol. The fourth-order valence-electron chi connectivity index (χ4n) is 3.35. The van der Waals surface area contributed by atoms with Gasteiger partial charge in [-0.3, -0.25) is 10.00 Å². The third-order valence-electron chi connectivity index (χ3n) is 4.66. The second-order valence-electron chi connectivity index (χ2n) is 6.82. The van der Waals surface area contributed by atoms with Crippen molar-refractivity contribution in [3.8, 4) is 0 Å². The number of H-pyrrole nitrogens is 1. The van der Waals surface area contributed by atoms with Crippen molar-refractivity contribution in [2.75, 3.05) is 25.0 Å². The summed E-state index contributed by atoms with van der Waals surface area (Å²) in [6.45, 7) is 1.83. The fraction of sp³-hybridized carbons (Fsp3) is 0.625. The van der Waals surface area contributed by atoms with Crippen LogP contribution in [0.3, 0.4) is 0 Å². The molecule has 2 fully saturated rings. The van der Waals surface area contributed by atoms with Crippen LogP contribution in [0.2, 0.25) is 0 Å². The van der Waals surface area contributed by atoms with Crippen molar-refractivity contribution in [3.05, 3.63) is 30.2 Å². The Morgan fingerprint density at radius 2 is 2.29 bits per heavy atom. The molecule has 0 spiro atoms. The molecule has 0 bridgehead atoms. The highest BCUT2D eigenvalue weighted by Crippen LogP contribution is 2.37. The number of nitrogens with zero attached hydrogens (tertiary/aromatic N) is 6. The molecule has 2 aliphatic rings. The normalized spacial score (nSPS) is 24.0. The largest absolute Gasteiger partial charge is 0.349 e. The van der Waals surface area contributed by atoms with E-state index in [0.717, 1.165) is 24.0 Å². The average Bonchev–Trinajstić information content (AvgIpc) is 3.22. The van der Waals surface area contributed by atoms with Crippen molar-refractivity contribution >= 4 is 5.82 Å². The molecule has 1 aliphatic heterocycles. The smallest absolute Gasteiger partial charge is 0.153 e. The predicted molar refractivity (Wildman–Crippen MR) is 87.4 cm³/mol. The third kappa shape index (κ3) is 3.38. The first kappa shape index (κ1) is 15.4. The number of hydrogen-bond acceptors (Lipinski definition) is 6. The maximum Gasteiger partial charge on any atom is 0.153 e. The first-order valence-electron chi connectivity index (χ1n) is 8.45. The lowest BCUT2D eigenvalue weighted by Crippen LogP contribution is -2.39. The summed E-state index contributed by atoms with van der Waals surface area (Å²) in [5.74, 6) is 3.16. The van der Waals surface area contributed by atoms with Crippen molar-refractivity contribution in [2.24, 2.45) is 0 Å². The van der Waals surface area contributed by atoms with Crippen LogP contribution in [-0.2, 0) is 6.54 Å². The molecule has 24 heavy (non-hydrogen) atoms. The van der Waals surface area contributed by atoms with Crippen LogP contribution in [0, 0.1) is 0 Å². The Morgan fingerprint density at radius 1 is 1.42 bits per heavy atom. The maximum atomic E-state index is 14.0. The van der Waals surface area contributed by atoms with Gasteiger partial charge >= 0.3 is 0 Å². The van der Waals surface area contributed by atoms with E-state index < -0.39 is 6.17 Å². The molecule has 2 aromatic heterocycles.